The van der Waals surface area contributed by atoms with Crippen molar-refractivity contribution in [3.05, 3.63) is 34.9 Å². The molecule has 1 atom stereocenters. The Morgan fingerprint density at radius 2 is 2.19 bits per heavy atom. The molecule has 0 aliphatic carbocycles. The molecule has 1 aromatic carbocycles. The van der Waals surface area contributed by atoms with Gasteiger partial charge in [0, 0.05) is 18.2 Å². The predicted molar refractivity (Wildman–Crippen MR) is 62.3 cm³/mol. The molecule has 3 nitrogen and oxygen atoms in total. The van der Waals surface area contributed by atoms with Crippen molar-refractivity contribution in [1.29, 1.82) is 0 Å². The minimum Gasteiger partial charge on any atom is -0.368 e. The topological polar surface area (TPSA) is 38.3 Å². The zero-order valence-electron chi connectivity index (χ0n) is 8.91. The second-order valence-electron chi connectivity index (χ2n) is 3.85. The maximum Gasteiger partial charge on any atom is 0.249 e. The van der Waals surface area contributed by atoms with Crippen LogP contribution >= 0.6 is 11.6 Å². The van der Waals surface area contributed by atoms with Crippen molar-refractivity contribution >= 4 is 17.5 Å². The van der Waals surface area contributed by atoms with E-state index in [1.165, 1.54) is 0 Å². The molecule has 4 heteroatoms. The van der Waals surface area contributed by atoms with Crippen LogP contribution < -0.4 is 5.32 Å². The van der Waals surface area contributed by atoms with Gasteiger partial charge in [0.2, 0.25) is 5.91 Å². The molecular formula is C12H14ClNO2. The number of benzene rings is 1. The first kappa shape index (κ1) is 11.4. The van der Waals surface area contributed by atoms with E-state index in [4.69, 9.17) is 16.3 Å². The van der Waals surface area contributed by atoms with Crippen molar-refractivity contribution in [3.8, 4) is 0 Å². The Bertz CT molecular complexity index is 358. The van der Waals surface area contributed by atoms with Gasteiger partial charge in [0.15, 0.2) is 0 Å². The molecule has 0 bridgehead atoms. The smallest absolute Gasteiger partial charge is 0.249 e. The number of nitrogens with one attached hydrogen (secondary N) is 1. The third-order valence-corrected chi connectivity index (χ3v) is 2.85. The Labute approximate surface area is 99.7 Å². The Balaban J connectivity index is 1.82. The van der Waals surface area contributed by atoms with Crippen molar-refractivity contribution in [3.63, 3.8) is 0 Å². The standard InChI is InChI=1S/C12H14ClNO2/c13-10-5-3-9(4-6-10)8-14-12(15)11-2-1-7-16-11/h3-6,11H,1-2,7-8H2,(H,14,15)/t11-/m1/s1. The van der Waals surface area contributed by atoms with Gasteiger partial charge in [-0.15, -0.1) is 0 Å². The molecule has 0 unspecified atom stereocenters. The largest absolute Gasteiger partial charge is 0.368 e. The first-order chi connectivity index (χ1) is 7.75. The van der Waals surface area contributed by atoms with Crippen molar-refractivity contribution in [2.45, 2.75) is 25.5 Å². The highest BCUT2D eigenvalue weighted by Crippen LogP contribution is 2.12. The molecule has 0 aromatic heterocycles. The number of carbonyl (C=O) groups is 1. The van der Waals surface area contributed by atoms with Gasteiger partial charge in [-0.05, 0) is 30.5 Å². The van der Waals surface area contributed by atoms with Gasteiger partial charge in [0.1, 0.15) is 6.10 Å². The summed E-state index contributed by atoms with van der Waals surface area (Å²) in [5.74, 6) is -0.0209. The average Bonchev–Trinajstić information content (AvgIpc) is 2.81. The highest BCUT2D eigenvalue weighted by molar-refractivity contribution is 6.30. The van der Waals surface area contributed by atoms with Crippen molar-refractivity contribution in [2.24, 2.45) is 0 Å². The van der Waals surface area contributed by atoms with E-state index in [2.05, 4.69) is 5.32 Å². The van der Waals surface area contributed by atoms with E-state index in [1.54, 1.807) is 0 Å². The lowest BCUT2D eigenvalue weighted by molar-refractivity contribution is -0.130. The van der Waals surface area contributed by atoms with E-state index in [-0.39, 0.29) is 12.0 Å². The summed E-state index contributed by atoms with van der Waals surface area (Å²) in [7, 11) is 0. The number of amides is 1. The molecule has 1 heterocycles. The molecule has 1 aliphatic heterocycles. The lowest BCUT2D eigenvalue weighted by atomic mass is 10.2. The molecule has 1 saturated heterocycles. The van der Waals surface area contributed by atoms with Crippen LogP contribution in [0.2, 0.25) is 5.02 Å². The maximum absolute atomic E-state index is 11.6. The van der Waals surface area contributed by atoms with Gasteiger partial charge >= 0.3 is 0 Å². The minimum atomic E-state index is -0.257. The molecule has 1 N–H and O–H groups in total. The predicted octanol–water partition coefficient (Wildman–Crippen LogP) is 2.14. The quantitative estimate of drug-likeness (QED) is 0.878. The van der Waals surface area contributed by atoms with Crippen LogP contribution in [0.3, 0.4) is 0 Å². The summed E-state index contributed by atoms with van der Waals surface area (Å²) in [5, 5.41) is 3.56. The molecule has 1 fully saturated rings. The molecule has 0 saturated carbocycles. The fourth-order valence-electron chi connectivity index (χ4n) is 1.69. The second kappa shape index (κ2) is 5.32. The van der Waals surface area contributed by atoms with E-state index in [0.29, 0.717) is 18.2 Å². The number of ether oxygens (including phenoxy) is 1. The number of carbonyl (C=O) groups excluding carboxylic acids is 1. The van der Waals surface area contributed by atoms with Crippen LogP contribution in [0.15, 0.2) is 24.3 Å². The second-order valence-corrected chi connectivity index (χ2v) is 4.28. The van der Waals surface area contributed by atoms with Gasteiger partial charge in [0.25, 0.3) is 0 Å². The molecular weight excluding hydrogens is 226 g/mol. The third-order valence-electron chi connectivity index (χ3n) is 2.60. The van der Waals surface area contributed by atoms with E-state index in [9.17, 15) is 4.79 Å². The van der Waals surface area contributed by atoms with Crippen molar-refractivity contribution in [2.75, 3.05) is 6.61 Å². The van der Waals surface area contributed by atoms with Gasteiger partial charge in [-0.25, -0.2) is 0 Å². The number of halogens is 1. The van der Waals surface area contributed by atoms with E-state index in [1.807, 2.05) is 24.3 Å². The summed E-state index contributed by atoms with van der Waals surface area (Å²) in [6.07, 6.45) is 1.54. The fourth-order valence-corrected chi connectivity index (χ4v) is 1.82. The molecule has 86 valence electrons. The first-order valence-electron chi connectivity index (χ1n) is 5.39. The molecule has 0 spiro atoms. The Kier molecular flexibility index (Phi) is 3.80. The molecule has 1 amide bonds. The van der Waals surface area contributed by atoms with Crippen molar-refractivity contribution < 1.29 is 9.53 Å². The van der Waals surface area contributed by atoms with Gasteiger partial charge < -0.3 is 10.1 Å². The van der Waals surface area contributed by atoms with E-state index >= 15 is 0 Å². The van der Waals surface area contributed by atoms with Crippen LogP contribution in [0.5, 0.6) is 0 Å². The van der Waals surface area contributed by atoms with Crippen LogP contribution in [0.25, 0.3) is 0 Å². The van der Waals surface area contributed by atoms with E-state index < -0.39 is 0 Å². The summed E-state index contributed by atoms with van der Waals surface area (Å²) in [6.45, 7) is 1.22. The van der Waals surface area contributed by atoms with Gasteiger partial charge in [-0.3, -0.25) is 4.79 Å². The van der Waals surface area contributed by atoms with E-state index in [0.717, 1.165) is 18.4 Å². The van der Waals surface area contributed by atoms with Gasteiger partial charge in [0.05, 0.1) is 0 Å². The summed E-state index contributed by atoms with van der Waals surface area (Å²) < 4.78 is 5.29. The molecule has 0 radical (unpaired) electrons. The SMILES string of the molecule is O=C(NCc1ccc(Cl)cc1)[C@H]1CCCO1. The summed E-state index contributed by atoms with van der Waals surface area (Å²) in [4.78, 5) is 11.6. The average molecular weight is 240 g/mol. The molecule has 1 aromatic rings. The molecule has 16 heavy (non-hydrogen) atoms. The first-order valence-corrected chi connectivity index (χ1v) is 5.77. The minimum absolute atomic E-state index is 0.0209. The van der Waals surface area contributed by atoms with Crippen LogP contribution in [-0.4, -0.2) is 18.6 Å². The van der Waals surface area contributed by atoms with Crippen LogP contribution in [-0.2, 0) is 16.1 Å². The van der Waals surface area contributed by atoms with Crippen LogP contribution in [0.4, 0.5) is 0 Å². The Hall–Kier alpha value is -1.06. The zero-order chi connectivity index (χ0) is 11.4. The maximum atomic E-state index is 11.6. The monoisotopic (exact) mass is 239 g/mol. The Morgan fingerprint density at radius 1 is 1.44 bits per heavy atom. The van der Waals surface area contributed by atoms with Crippen LogP contribution in [0, 0.1) is 0 Å². The highest BCUT2D eigenvalue weighted by Gasteiger charge is 2.22. The van der Waals surface area contributed by atoms with Crippen LogP contribution in [0.1, 0.15) is 18.4 Å². The zero-order valence-corrected chi connectivity index (χ0v) is 9.67. The summed E-state index contributed by atoms with van der Waals surface area (Å²) in [5.41, 5.74) is 1.04. The number of rotatable bonds is 3. The number of hydrogen-bond acceptors (Lipinski definition) is 2. The summed E-state index contributed by atoms with van der Waals surface area (Å²) in [6, 6.07) is 7.43. The third kappa shape index (κ3) is 2.97. The lowest BCUT2D eigenvalue weighted by Gasteiger charge is -2.10. The Morgan fingerprint density at radius 3 is 2.81 bits per heavy atom. The fraction of sp³-hybridized carbons (Fsp3) is 0.417. The highest BCUT2D eigenvalue weighted by atomic mass is 35.5. The molecule has 1 aliphatic rings. The lowest BCUT2D eigenvalue weighted by Crippen LogP contribution is -2.33. The van der Waals surface area contributed by atoms with Gasteiger partial charge in [-0.1, -0.05) is 23.7 Å². The van der Waals surface area contributed by atoms with Gasteiger partial charge in [-0.2, -0.15) is 0 Å². The number of hydrogen-bond donors (Lipinski definition) is 1. The summed E-state index contributed by atoms with van der Waals surface area (Å²) >= 11 is 5.77. The van der Waals surface area contributed by atoms with Crippen molar-refractivity contribution in [1.82, 2.24) is 5.32 Å². The molecule has 2 rings (SSSR count). The normalized spacial score (nSPS) is 19.7.